The maximum atomic E-state index is 12.7. The molecule has 4 atom stereocenters. The Hall–Kier alpha value is -2.81. The number of aliphatic hydroxyl groups is 1. The van der Waals surface area contributed by atoms with Crippen LogP contribution >= 0.6 is 0 Å². The van der Waals surface area contributed by atoms with Crippen molar-refractivity contribution in [2.75, 3.05) is 5.32 Å². The molecule has 0 aliphatic heterocycles. The van der Waals surface area contributed by atoms with Crippen molar-refractivity contribution in [3.8, 4) is 0 Å². The van der Waals surface area contributed by atoms with Crippen LogP contribution in [0.3, 0.4) is 0 Å². The number of aryl methyl sites for hydroxylation is 1. The van der Waals surface area contributed by atoms with E-state index in [1.165, 1.54) is 0 Å². The van der Waals surface area contributed by atoms with E-state index >= 15 is 0 Å². The van der Waals surface area contributed by atoms with Crippen LogP contribution in [0.4, 0.5) is 5.69 Å². The first-order valence-electron chi connectivity index (χ1n) is 11.7. The predicted octanol–water partition coefficient (Wildman–Crippen LogP) is 3.61. The minimum Gasteiger partial charge on any atom is -0.373 e. The van der Waals surface area contributed by atoms with E-state index in [1.54, 1.807) is 18.2 Å². The largest absolute Gasteiger partial charge is 0.373 e. The third-order valence-electron chi connectivity index (χ3n) is 5.38. The van der Waals surface area contributed by atoms with Crippen molar-refractivity contribution in [2.45, 2.75) is 70.0 Å². The first-order chi connectivity index (χ1) is 16.5. The smallest absolute Gasteiger partial charge is 0.251 e. The molecule has 0 aromatic heterocycles. The van der Waals surface area contributed by atoms with Gasteiger partial charge in [0.2, 0.25) is 0 Å². The Morgan fingerprint density at radius 1 is 1.29 bits per heavy atom. The van der Waals surface area contributed by atoms with Gasteiger partial charge in [-0.15, -0.1) is 6.58 Å². The molecule has 1 aromatic rings. The zero-order valence-corrected chi connectivity index (χ0v) is 21.7. The summed E-state index contributed by atoms with van der Waals surface area (Å²) in [4.78, 5) is 24.2. The summed E-state index contributed by atoms with van der Waals surface area (Å²) in [6, 6.07) is 7.12. The number of nitrogens with one attached hydrogen (secondary N) is 3. The van der Waals surface area contributed by atoms with Gasteiger partial charge in [-0.1, -0.05) is 48.1 Å². The Kier molecular flexibility index (Phi) is 10.8. The van der Waals surface area contributed by atoms with E-state index in [9.17, 15) is 18.9 Å². The lowest BCUT2D eigenvalue weighted by molar-refractivity contribution is -0.117. The Morgan fingerprint density at radius 2 is 1.97 bits per heavy atom. The van der Waals surface area contributed by atoms with Crippen LogP contribution in [0.25, 0.3) is 0 Å². The highest BCUT2D eigenvalue weighted by molar-refractivity contribution is 7.84. The summed E-state index contributed by atoms with van der Waals surface area (Å²) in [6.07, 6.45) is 9.53. The van der Waals surface area contributed by atoms with E-state index in [0.29, 0.717) is 30.3 Å². The molecule has 1 aromatic carbocycles. The molecule has 0 fully saturated rings. The van der Waals surface area contributed by atoms with E-state index in [4.69, 9.17) is 0 Å². The summed E-state index contributed by atoms with van der Waals surface area (Å²) < 4.78 is 15.0. The van der Waals surface area contributed by atoms with Crippen LogP contribution in [0, 0.1) is 6.92 Å². The third kappa shape index (κ3) is 9.76. The lowest BCUT2D eigenvalue weighted by Gasteiger charge is -2.23. The molecule has 2 rings (SSSR count). The van der Waals surface area contributed by atoms with Crippen LogP contribution in [-0.4, -0.2) is 44.6 Å². The lowest BCUT2D eigenvalue weighted by Crippen LogP contribution is -2.40. The monoisotopic (exact) mass is 499 g/mol. The molecular formula is C27H37N3O4S. The van der Waals surface area contributed by atoms with Crippen LogP contribution in [0.2, 0.25) is 0 Å². The maximum absolute atomic E-state index is 12.7. The molecule has 1 aliphatic carbocycles. The Bertz CT molecular complexity index is 1010. The Labute approximate surface area is 211 Å². The quantitative estimate of drug-likeness (QED) is 0.152. The number of carbonyl (C=O) groups is 2. The number of amides is 1. The molecule has 0 radical (unpaired) electrons. The fourth-order valence-corrected chi connectivity index (χ4v) is 4.03. The van der Waals surface area contributed by atoms with E-state index < -0.39 is 17.2 Å². The second-order valence-electron chi connectivity index (χ2n) is 9.54. The third-order valence-corrected chi connectivity index (χ3v) is 7.01. The van der Waals surface area contributed by atoms with Gasteiger partial charge in [0.05, 0.1) is 21.8 Å². The molecule has 0 heterocycles. The highest BCUT2D eigenvalue weighted by Crippen LogP contribution is 2.16. The minimum absolute atomic E-state index is 0.0974. The van der Waals surface area contributed by atoms with Crippen LogP contribution in [0.15, 0.2) is 72.4 Å². The summed E-state index contributed by atoms with van der Waals surface area (Å²) >= 11 is 0. The van der Waals surface area contributed by atoms with E-state index in [1.807, 2.05) is 64.1 Å². The van der Waals surface area contributed by atoms with Crippen molar-refractivity contribution in [2.24, 2.45) is 0 Å². The predicted molar refractivity (Wildman–Crippen MR) is 143 cm³/mol. The van der Waals surface area contributed by atoms with E-state index in [2.05, 4.69) is 21.9 Å². The summed E-state index contributed by atoms with van der Waals surface area (Å²) in [6.45, 7) is 11.5. The SMILES string of the molecule is C=C[C@@H](C/C=C(/C=O)CC(O)Nc1ccc(C)cc1)NC(=O)C1=CCC(NS(=O)C(C)(C)C)C=C1. The molecule has 7 nitrogen and oxygen atoms in total. The fourth-order valence-electron chi connectivity index (χ4n) is 3.23. The summed E-state index contributed by atoms with van der Waals surface area (Å²) in [7, 11) is -1.19. The van der Waals surface area contributed by atoms with Crippen molar-refractivity contribution >= 4 is 28.9 Å². The topological polar surface area (TPSA) is 108 Å². The Morgan fingerprint density at radius 3 is 2.51 bits per heavy atom. The van der Waals surface area contributed by atoms with Crippen LogP contribution in [-0.2, 0) is 20.6 Å². The van der Waals surface area contributed by atoms with Crippen molar-refractivity contribution in [1.29, 1.82) is 0 Å². The molecule has 3 unspecified atom stereocenters. The molecule has 1 amide bonds. The zero-order valence-electron chi connectivity index (χ0n) is 20.9. The van der Waals surface area contributed by atoms with Gasteiger partial charge in [-0.25, -0.2) is 8.93 Å². The molecule has 0 saturated carbocycles. The van der Waals surface area contributed by atoms with Gasteiger partial charge in [0.15, 0.2) is 0 Å². The number of hydrogen-bond donors (Lipinski definition) is 4. The van der Waals surface area contributed by atoms with Gasteiger partial charge in [-0.3, -0.25) is 9.59 Å². The molecule has 190 valence electrons. The minimum atomic E-state index is -1.19. The summed E-state index contributed by atoms with van der Waals surface area (Å²) in [5.41, 5.74) is 2.83. The number of aldehydes is 1. The average Bonchev–Trinajstić information content (AvgIpc) is 2.81. The molecule has 0 spiro atoms. The standard InChI is InChI=1S/C27H37N3O4S/c1-6-22(14-9-20(18-31)17-25(32)28-23-12-7-19(2)8-13-23)29-26(33)21-10-15-24(16-11-21)30-35(34)27(3,4)5/h6-13,15,18,22,24-25,28,30,32H,1,14,16-17H2,2-5H3,(H,29,33)/b20-9+/t22-,24?,25?,35?/m0/s1. The second-order valence-corrected chi connectivity index (χ2v) is 11.5. The average molecular weight is 500 g/mol. The number of anilines is 1. The van der Waals surface area contributed by atoms with Crippen LogP contribution < -0.4 is 15.4 Å². The molecule has 1 aliphatic rings. The first kappa shape index (κ1) is 28.4. The molecular weight excluding hydrogens is 462 g/mol. The zero-order chi connectivity index (χ0) is 26.0. The lowest BCUT2D eigenvalue weighted by atomic mass is 10.0. The van der Waals surface area contributed by atoms with Crippen LogP contribution in [0.5, 0.6) is 0 Å². The molecule has 8 heteroatoms. The van der Waals surface area contributed by atoms with Gasteiger partial charge < -0.3 is 15.7 Å². The van der Waals surface area contributed by atoms with Crippen molar-refractivity contribution in [3.05, 3.63) is 77.9 Å². The maximum Gasteiger partial charge on any atom is 0.251 e. The molecule has 4 N–H and O–H groups in total. The van der Waals surface area contributed by atoms with Gasteiger partial charge in [0, 0.05) is 23.7 Å². The van der Waals surface area contributed by atoms with Crippen molar-refractivity contribution in [1.82, 2.24) is 10.0 Å². The van der Waals surface area contributed by atoms with Crippen LogP contribution in [0.1, 0.15) is 45.6 Å². The number of aliphatic hydroxyl groups excluding tert-OH is 1. The number of benzene rings is 1. The number of rotatable bonds is 12. The van der Waals surface area contributed by atoms with Gasteiger partial charge in [0.1, 0.15) is 12.5 Å². The fraction of sp³-hybridized carbons (Fsp3) is 0.407. The first-order valence-corrected chi connectivity index (χ1v) is 12.8. The highest BCUT2D eigenvalue weighted by Gasteiger charge is 2.23. The van der Waals surface area contributed by atoms with Crippen molar-refractivity contribution < 1.29 is 18.9 Å². The molecule has 0 bridgehead atoms. The van der Waals surface area contributed by atoms with E-state index in [-0.39, 0.29) is 29.2 Å². The van der Waals surface area contributed by atoms with E-state index in [0.717, 1.165) is 11.3 Å². The normalized spacial score (nSPS) is 18.7. The summed E-state index contributed by atoms with van der Waals surface area (Å²) in [5, 5.41) is 16.2. The molecule has 0 saturated heterocycles. The van der Waals surface area contributed by atoms with Gasteiger partial charge in [0.25, 0.3) is 5.91 Å². The highest BCUT2D eigenvalue weighted by atomic mass is 32.2. The number of carbonyl (C=O) groups excluding carboxylic acids is 2. The van der Waals surface area contributed by atoms with Gasteiger partial charge >= 0.3 is 0 Å². The summed E-state index contributed by atoms with van der Waals surface area (Å²) in [5.74, 6) is -0.247. The second kappa shape index (κ2) is 13.3. The van der Waals surface area contributed by atoms with Crippen molar-refractivity contribution in [3.63, 3.8) is 0 Å². The Balaban J connectivity index is 1.87. The number of hydrogen-bond acceptors (Lipinski definition) is 5. The van der Waals surface area contributed by atoms with Gasteiger partial charge in [-0.2, -0.15) is 0 Å². The van der Waals surface area contributed by atoms with Gasteiger partial charge in [-0.05, 0) is 58.2 Å². The molecule has 35 heavy (non-hydrogen) atoms.